The normalized spacial score (nSPS) is 12.4. The van der Waals surface area contributed by atoms with Gasteiger partial charge >= 0.3 is 0 Å². The van der Waals surface area contributed by atoms with Gasteiger partial charge in [-0.1, -0.05) is 35.2 Å². The van der Waals surface area contributed by atoms with E-state index in [1.165, 1.54) is 23.1 Å². The minimum atomic E-state index is -3.67. The number of carbonyl (C=O) groups excluding carboxylic acids is 1. The van der Waals surface area contributed by atoms with E-state index in [0.29, 0.717) is 20.9 Å². The number of aryl methyl sites for hydroxylation is 2. The van der Waals surface area contributed by atoms with Gasteiger partial charge in [-0.2, -0.15) is 0 Å². The zero-order chi connectivity index (χ0) is 20.2. The molecule has 1 atom stereocenters. The van der Waals surface area contributed by atoms with Crippen LogP contribution in [0.1, 0.15) is 18.1 Å². The molecular weight excluding hydrogens is 404 g/mol. The molecule has 0 saturated heterocycles. The highest BCUT2D eigenvalue weighted by molar-refractivity contribution is 8.01. The fourth-order valence-electron chi connectivity index (χ4n) is 2.33. The molecule has 27 heavy (non-hydrogen) atoms. The molecule has 0 aliphatic heterocycles. The number of nitrogens with zero attached hydrogens (tertiary/aromatic N) is 3. The van der Waals surface area contributed by atoms with Gasteiger partial charge in [0, 0.05) is 5.75 Å². The second-order valence-electron chi connectivity index (χ2n) is 5.97. The lowest BCUT2D eigenvalue weighted by atomic mass is 10.1. The summed E-state index contributed by atoms with van der Waals surface area (Å²) in [4.78, 5) is 12.6. The van der Waals surface area contributed by atoms with E-state index >= 15 is 0 Å². The lowest BCUT2D eigenvalue weighted by Gasteiger charge is -2.28. The SMILES string of the molecule is C=CCSc1nnc(NC(=O)[C@H](C)N(c2ccc(C)c(C)c2)S(C)(=O)=O)s1. The average Bonchev–Trinajstić information content (AvgIpc) is 3.02. The quantitative estimate of drug-likeness (QED) is 0.396. The highest BCUT2D eigenvalue weighted by atomic mass is 32.2. The van der Waals surface area contributed by atoms with Crippen LogP contribution in [0.5, 0.6) is 0 Å². The molecule has 0 fully saturated rings. The largest absolute Gasteiger partial charge is 0.299 e. The summed E-state index contributed by atoms with van der Waals surface area (Å²) in [6.45, 7) is 9.02. The van der Waals surface area contributed by atoms with Gasteiger partial charge in [0.05, 0.1) is 11.9 Å². The van der Waals surface area contributed by atoms with Crippen molar-refractivity contribution in [3.63, 3.8) is 0 Å². The zero-order valence-corrected chi connectivity index (χ0v) is 18.0. The molecule has 0 unspecified atom stereocenters. The smallest absolute Gasteiger partial charge is 0.249 e. The third-order valence-corrected chi connectivity index (χ3v) is 7.00. The molecule has 7 nitrogen and oxygen atoms in total. The molecule has 0 aliphatic rings. The van der Waals surface area contributed by atoms with E-state index in [-0.39, 0.29) is 0 Å². The van der Waals surface area contributed by atoms with Crippen LogP contribution in [-0.2, 0) is 14.8 Å². The molecular formula is C17H22N4O3S3. The predicted molar refractivity (Wildman–Crippen MR) is 112 cm³/mol. The second-order valence-corrected chi connectivity index (χ2v) is 10.1. The molecule has 1 heterocycles. The van der Waals surface area contributed by atoms with Gasteiger partial charge in [0.2, 0.25) is 21.1 Å². The lowest BCUT2D eigenvalue weighted by Crippen LogP contribution is -2.45. The maximum atomic E-state index is 12.6. The number of carbonyl (C=O) groups is 1. The van der Waals surface area contributed by atoms with Crippen LogP contribution in [0, 0.1) is 13.8 Å². The molecule has 0 radical (unpaired) electrons. The first-order chi connectivity index (χ1) is 12.6. The van der Waals surface area contributed by atoms with E-state index in [0.717, 1.165) is 21.7 Å². The summed E-state index contributed by atoms with van der Waals surface area (Å²) in [7, 11) is -3.67. The van der Waals surface area contributed by atoms with Crippen LogP contribution in [0.3, 0.4) is 0 Å². The molecule has 1 aromatic heterocycles. The fourth-order valence-corrected chi connectivity index (χ4v) is 5.01. The first-order valence-electron chi connectivity index (χ1n) is 8.08. The maximum absolute atomic E-state index is 12.6. The van der Waals surface area contributed by atoms with Gasteiger partial charge in [-0.15, -0.1) is 16.8 Å². The summed E-state index contributed by atoms with van der Waals surface area (Å²) < 4.78 is 26.5. The van der Waals surface area contributed by atoms with Gasteiger partial charge in [-0.3, -0.25) is 14.4 Å². The van der Waals surface area contributed by atoms with Crippen LogP contribution in [-0.4, -0.2) is 42.6 Å². The Balaban J connectivity index is 2.23. The third-order valence-electron chi connectivity index (χ3n) is 3.79. The van der Waals surface area contributed by atoms with Crippen LogP contribution in [0.4, 0.5) is 10.8 Å². The van der Waals surface area contributed by atoms with E-state index in [1.807, 2.05) is 19.9 Å². The molecule has 1 N–H and O–H groups in total. The molecule has 146 valence electrons. The Kier molecular flexibility index (Phi) is 7.01. The van der Waals surface area contributed by atoms with Crippen molar-refractivity contribution in [1.82, 2.24) is 10.2 Å². The van der Waals surface area contributed by atoms with Crippen LogP contribution in [0.25, 0.3) is 0 Å². The number of rotatable bonds is 8. The number of hydrogen-bond acceptors (Lipinski definition) is 7. The summed E-state index contributed by atoms with van der Waals surface area (Å²) >= 11 is 2.69. The molecule has 2 rings (SSSR count). The summed E-state index contributed by atoms with van der Waals surface area (Å²) in [5, 5.41) is 10.9. The Bertz CT molecular complexity index is 941. The highest BCUT2D eigenvalue weighted by Crippen LogP contribution is 2.27. The minimum Gasteiger partial charge on any atom is -0.299 e. The standard InChI is InChI=1S/C17H22N4O3S3/c1-6-9-25-17-20-19-16(26-17)18-15(22)13(4)21(27(5,23)24)14-8-7-11(2)12(3)10-14/h6-8,10,13H,1,9H2,2-5H3,(H,18,19,22)/t13-/m0/s1. The number of amides is 1. The molecule has 2 aromatic rings. The number of thioether (sulfide) groups is 1. The fraction of sp³-hybridized carbons (Fsp3) is 0.353. The van der Waals surface area contributed by atoms with Crippen molar-refractivity contribution >= 4 is 49.8 Å². The van der Waals surface area contributed by atoms with Crippen molar-refractivity contribution in [3.8, 4) is 0 Å². The molecule has 0 spiro atoms. The predicted octanol–water partition coefficient (Wildman–Crippen LogP) is 3.23. The van der Waals surface area contributed by atoms with Gasteiger partial charge in [0.25, 0.3) is 0 Å². The lowest BCUT2D eigenvalue weighted by molar-refractivity contribution is -0.116. The van der Waals surface area contributed by atoms with Gasteiger partial charge in [-0.05, 0) is 44.0 Å². The van der Waals surface area contributed by atoms with Crippen LogP contribution >= 0.6 is 23.1 Å². The summed E-state index contributed by atoms with van der Waals surface area (Å²) in [5.41, 5.74) is 2.44. The van der Waals surface area contributed by atoms with E-state index in [2.05, 4.69) is 22.1 Å². The number of sulfonamides is 1. The van der Waals surface area contributed by atoms with Crippen molar-refractivity contribution in [1.29, 1.82) is 0 Å². The first kappa shape index (κ1) is 21.4. The number of benzene rings is 1. The minimum absolute atomic E-state index is 0.326. The van der Waals surface area contributed by atoms with Crippen molar-refractivity contribution in [2.24, 2.45) is 0 Å². The molecule has 0 saturated carbocycles. The monoisotopic (exact) mass is 426 g/mol. The topological polar surface area (TPSA) is 92.3 Å². The van der Waals surface area contributed by atoms with Gasteiger partial charge in [0.1, 0.15) is 6.04 Å². The molecule has 1 aromatic carbocycles. The Hall–Kier alpha value is -1.91. The molecule has 0 bridgehead atoms. The van der Waals surface area contributed by atoms with Crippen molar-refractivity contribution in [3.05, 3.63) is 42.0 Å². The van der Waals surface area contributed by atoms with E-state index in [4.69, 9.17) is 0 Å². The number of anilines is 2. The van der Waals surface area contributed by atoms with Gasteiger partial charge in [0.15, 0.2) is 4.34 Å². The Morgan fingerprint density at radius 3 is 2.67 bits per heavy atom. The Labute approximate surface area is 167 Å². The first-order valence-corrected chi connectivity index (χ1v) is 11.7. The summed E-state index contributed by atoms with van der Waals surface area (Å²) in [6, 6.07) is 4.34. The molecule has 1 amide bonds. The van der Waals surface area contributed by atoms with E-state index in [9.17, 15) is 13.2 Å². The number of hydrogen-bond donors (Lipinski definition) is 1. The molecule has 10 heteroatoms. The van der Waals surface area contributed by atoms with Crippen LogP contribution in [0.15, 0.2) is 35.2 Å². The average molecular weight is 427 g/mol. The van der Waals surface area contributed by atoms with Crippen LogP contribution in [0.2, 0.25) is 0 Å². The van der Waals surface area contributed by atoms with Crippen molar-refractivity contribution < 1.29 is 13.2 Å². The Morgan fingerprint density at radius 2 is 2.07 bits per heavy atom. The van der Waals surface area contributed by atoms with Crippen molar-refractivity contribution in [2.45, 2.75) is 31.2 Å². The van der Waals surface area contributed by atoms with Crippen LogP contribution < -0.4 is 9.62 Å². The van der Waals surface area contributed by atoms with Crippen molar-refractivity contribution in [2.75, 3.05) is 21.6 Å². The highest BCUT2D eigenvalue weighted by Gasteiger charge is 2.30. The van der Waals surface area contributed by atoms with Gasteiger partial charge < -0.3 is 0 Å². The van der Waals surface area contributed by atoms with Gasteiger partial charge in [-0.25, -0.2) is 8.42 Å². The molecule has 0 aliphatic carbocycles. The number of aromatic nitrogens is 2. The second kappa shape index (κ2) is 8.85. The summed E-state index contributed by atoms with van der Waals surface area (Å²) in [6.07, 6.45) is 2.83. The van der Waals surface area contributed by atoms with E-state index in [1.54, 1.807) is 25.1 Å². The summed E-state index contributed by atoms with van der Waals surface area (Å²) in [5.74, 6) is 0.211. The van der Waals surface area contributed by atoms with E-state index < -0.39 is 22.0 Å². The Morgan fingerprint density at radius 1 is 1.37 bits per heavy atom. The third kappa shape index (κ3) is 5.53. The maximum Gasteiger partial charge on any atom is 0.249 e. The zero-order valence-electron chi connectivity index (χ0n) is 15.6. The number of nitrogens with one attached hydrogen (secondary N) is 1.